The third-order valence-corrected chi connectivity index (χ3v) is 4.49. The lowest BCUT2D eigenvalue weighted by molar-refractivity contribution is -0.140. The first-order chi connectivity index (χ1) is 11.1. The molecule has 1 aliphatic rings. The molecule has 5 nitrogen and oxygen atoms in total. The molecule has 134 valence electrons. The van der Waals surface area contributed by atoms with Gasteiger partial charge in [-0.05, 0) is 46.8 Å². The molecule has 1 aliphatic heterocycles. The molecule has 0 radical (unpaired) electrons. The lowest BCUT2D eigenvalue weighted by Crippen LogP contribution is -2.48. The van der Waals surface area contributed by atoms with Crippen molar-refractivity contribution >= 4 is 17.9 Å². The molecule has 1 heterocycles. The molecule has 6 heteroatoms. The Labute approximate surface area is 148 Å². The number of carbonyl (C=O) groups is 1. The normalized spacial score (nSPS) is 21.3. The van der Waals surface area contributed by atoms with Gasteiger partial charge >= 0.3 is 6.09 Å². The van der Waals surface area contributed by atoms with E-state index in [0.717, 1.165) is 4.90 Å². The molecular formula is C18H27NO4S. The van der Waals surface area contributed by atoms with Gasteiger partial charge < -0.3 is 19.5 Å². The highest BCUT2D eigenvalue weighted by Gasteiger charge is 2.38. The van der Waals surface area contributed by atoms with Crippen molar-refractivity contribution in [1.29, 1.82) is 0 Å². The van der Waals surface area contributed by atoms with Gasteiger partial charge in [-0.2, -0.15) is 0 Å². The first-order valence-corrected chi connectivity index (χ1v) is 9.12. The fourth-order valence-corrected chi connectivity index (χ4v) is 3.34. The summed E-state index contributed by atoms with van der Waals surface area (Å²) in [4.78, 5) is 13.3. The second kappa shape index (κ2) is 7.76. The van der Waals surface area contributed by atoms with Crippen molar-refractivity contribution in [3.63, 3.8) is 0 Å². The smallest absolute Gasteiger partial charge is 0.407 e. The molecule has 24 heavy (non-hydrogen) atoms. The zero-order valence-electron chi connectivity index (χ0n) is 15.0. The van der Waals surface area contributed by atoms with E-state index in [1.54, 1.807) is 11.8 Å². The van der Waals surface area contributed by atoms with Gasteiger partial charge in [0.05, 0.1) is 12.6 Å². The molecule has 0 spiro atoms. The van der Waals surface area contributed by atoms with E-state index in [-0.39, 0.29) is 12.1 Å². The van der Waals surface area contributed by atoms with Crippen LogP contribution in [-0.4, -0.2) is 42.0 Å². The van der Waals surface area contributed by atoms with E-state index in [1.165, 1.54) is 0 Å². The Morgan fingerprint density at radius 1 is 1.38 bits per heavy atom. The van der Waals surface area contributed by atoms with Gasteiger partial charge in [0.1, 0.15) is 11.7 Å². The fourth-order valence-electron chi connectivity index (χ4n) is 2.32. The van der Waals surface area contributed by atoms with E-state index >= 15 is 0 Å². The molecule has 0 aromatic heterocycles. The first-order valence-electron chi connectivity index (χ1n) is 8.14. The summed E-state index contributed by atoms with van der Waals surface area (Å²) in [5.41, 5.74) is -0.534. The highest BCUT2D eigenvalue weighted by molar-refractivity contribution is 7.99. The third kappa shape index (κ3) is 6.34. The number of rotatable bonds is 5. The van der Waals surface area contributed by atoms with Gasteiger partial charge in [0.15, 0.2) is 5.79 Å². The molecule has 0 saturated carbocycles. The van der Waals surface area contributed by atoms with Gasteiger partial charge in [0, 0.05) is 10.6 Å². The van der Waals surface area contributed by atoms with Crippen LogP contribution in [0.2, 0.25) is 0 Å². The average Bonchev–Trinajstić information content (AvgIpc) is 2.83. The predicted octanol–water partition coefficient (Wildman–Crippen LogP) is 3.82. The number of nitrogens with one attached hydrogen (secondary N) is 1. The highest BCUT2D eigenvalue weighted by Crippen LogP contribution is 2.27. The molecule has 0 bridgehead atoms. The Morgan fingerprint density at radius 2 is 2.04 bits per heavy atom. The zero-order valence-corrected chi connectivity index (χ0v) is 15.8. The second-order valence-corrected chi connectivity index (χ2v) is 8.34. The number of carbonyl (C=O) groups excluding carboxylic acids is 1. The van der Waals surface area contributed by atoms with Crippen molar-refractivity contribution in [3.05, 3.63) is 30.3 Å². The summed E-state index contributed by atoms with van der Waals surface area (Å²) >= 11 is 1.67. The van der Waals surface area contributed by atoms with Crippen LogP contribution in [0.1, 0.15) is 34.6 Å². The van der Waals surface area contributed by atoms with Crippen LogP contribution in [-0.2, 0) is 14.2 Å². The molecule has 2 atom stereocenters. The number of benzene rings is 1. The highest BCUT2D eigenvalue weighted by atomic mass is 32.2. The molecule has 1 N–H and O–H groups in total. The van der Waals surface area contributed by atoms with Crippen molar-refractivity contribution in [2.24, 2.45) is 0 Å². The number of hydrogen-bond donors (Lipinski definition) is 1. The number of thioether (sulfide) groups is 1. The molecule has 1 saturated heterocycles. The summed E-state index contributed by atoms with van der Waals surface area (Å²) in [6.07, 6.45) is -0.641. The molecule has 0 unspecified atom stereocenters. The van der Waals surface area contributed by atoms with Crippen LogP contribution >= 0.6 is 11.8 Å². The lowest BCUT2D eigenvalue weighted by atomic mass is 10.2. The van der Waals surface area contributed by atoms with Gasteiger partial charge in [0.2, 0.25) is 0 Å². The van der Waals surface area contributed by atoms with E-state index < -0.39 is 17.5 Å². The van der Waals surface area contributed by atoms with E-state index in [2.05, 4.69) is 5.32 Å². The van der Waals surface area contributed by atoms with Gasteiger partial charge in [-0.1, -0.05) is 18.2 Å². The minimum atomic E-state index is -0.629. The standard InChI is InChI=1S/C18H27NO4S/c1-17(2,3)23-16(20)19-14(15-11-21-18(4,5)22-15)12-24-13-9-7-6-8-10-13/h6-10,14-15H,11-12H2,1-5H3,(H,19,20)/t14-,15-/m0/s1. The van der Waals surface area contributed by atoms with E-state index in [9.17, 15) is 4.79 Å². The van der Waals surface area contributed by atoms with Crippen molar-refractivity contribution in [2.45, 2.75) is 63.0 Å². The Hall–Kier alpha value is -1.24. The molecule has 0 aliphatic carbocycles. The molecule has 1 aromatic carbocycles. The fraction of sp³-hybridized carbons (Fsp3) is 0.611. The molecular weight excluding hydrogens is 326 g/mol. The molecule has 1 fully saturated rings. The minimum absolute atomic E-state index is 0.202. The van der Waals surface area contributed by atoms with Gasteiger partial charge in [-0.3, -0.25) is 0 Å². The van der Waals surface area contributed by atoms with Crippen LogP contribution < -0.4 is 5.32 Å². The van der Waals surface area contributed by atoms with Crippen molar-refractivity contribution in [3.8, 4) is 0 Å². The van der Waals surface area contributed by atoms with Crippen LogP contribution in [0.5, 0.6) is 0 Å². The average molecular weight is 353 g/mol. The Kier molecular flexibility index (Phi) is 6.17. The Balaban J connectivity index is 2.00. The number of amides is 1. The summed E-state index contributed by atoms with van der Waals surface area (Å²) in [6.45, 7) is 9.74. The number of alkyl carbamates (subject to hydrolysis) is 1. The van der Waals surface area contributed by atoms with Crippen LogP contribution in [0.25, 0.3) is 0 Å². The first kappa shape index (κ1) is 19.1. The van der Waals surface area contributed by atoms with Crippen LogP contribution in [0, 0.1) is 0 Å². The third-order valence-electron chi connectivity index (χ3n) is 3.35. The summed E-state index contributed by atoms with van der Waals surface area (Å²) in [5.74, 6) is 0.0449. The van der Waals surface area contributed by atoms with Crippen LogP contribution in [0.4, 0.5) is 4.79 Å². The number of hydrogen-bond acceptors (Lipinski definition) is 5. The SMILES string of the molecule is CC(C)(C)OC(=O)N[C@@H](CSc1ccccc1)[C@@H]1COC(C)(C)O1. The maximum Gasteiger partial charge on any atom is 0.407 e. The van der Waals surface area contributed by atoms with Crippen molar-refractivity contribution in [2.75, 3.05) is 12.4 Å². The van der Waals surface area contributed by atoms with E-state index in [4.69, 9.17) is 14.2 Å². The van der Waals surface area contributed by atoms with Crippen LogP contribution in [0.3, 0.4) is 0 Å². The Bertz CT molecular complexity index is 542. The number of ether oxygens (including phenoxy) is 3. The van der Waals surface area contributed by atoms with Crippen molar-refractivity contribution in [1.82, 2.24) is 5.32 Å². The summed E-state index contributed by atoms with van der Waals surface area (Å²) < 4.78 is 16.9. The maximum absolute atomic E-state index is 12.2. The van der Waals surface area contributed by atoms with Crippen molar-refractivity contribution < 1.29 is 19.0 Å². The largest absolute Gasteiger partial charge is 0.444 e. The lowest BCUT2D eigenvalue weighted by Gasteiger charge is -2.27. The topological polar surface area (TPSA) is 56.8 Å². The summed E-state index contributed by atoms with van der Waals surface area (Å²) in [7, 11) is 0. The van der Waals surface area contributed by atoms with Gasteiger partial charge in [-0.25, -0.2) is 4.79 Å². The molecule has 1 amide bonds. The summed E-state index contributed by atoms with van der Waals surface area (Å²) in [6, 6.07) is 9.87. The Morgan fingerprint density at radius 3 is 2.58 bits per heavy atom. The molecule has 1 aromatic rings. The quantitative estimate of drug-likeness (QED) is 0.816. The van der Waals surface area contributed by atoms with Gasteiger partial charge in [0.25, 0.3) is 0 Å². The monoisotopic (exact) mass is 353 g/mol. The zero-order chi connectivity index (χ0) is 17.8. The summed E-state index contributed by atoms with van der Waals surface area (Å²) in [5, 5.41) is 2.94. The van der Waals surface area contributed by atoms with E-state index in [0.29, 0.717) is 12.4 Å². The molecule has 2 rings (SSSR count). The second-order valence-electron chi connectivity index (χ2n) is 7.24. The predicted molar refractivity (Wildman–Crippen MR) is 95.2 cm³/mol. The maximum atomic E-state index is 12.2. The van der Waals surface area contributed by atoms with E-state index in [1.807, 2.05) is 65.0 Å². The van der Waals surface area contributed by atoms with Gasteiger partial charge in [-0.15, -0.1) is 11.8 Å². The van der Waals surface area contributed by atoms with Crippen LogP contribution in [0.15, 0.2) is 35.2 Å². The minimum Gasteiger partial charge on any atom is -0.444 e.